The molecule has 0 amide bonds. The normalized spacial score (nSPS) is 13.6. The van der Waals surface area contributed by atoms with Gasteiger partial charge in [-0.15, -0.1) is 0 Å². The number of hydrogen-bond acceptors (Lipinski definition) is 1. The predicted octanol–water partition coefficient (Wildman–Crippen LogP) is 2.76. The highest BCUT2D eigenvalue weighted by Gasteiger charge is 1.97. The summed E-state index contributed by atoms with van der Waals surface area (Å²) in [6, 6.07) is 4.09. The van der Waals surface area contributed by atoms with Crippen LogP contribution >= 0.6 is 0 Å². The van der Waals surface area contributed by atoms with Crippen LogP contribution in [0.25, 0.3) is 0 Å². The quantitative estimate of drug-likeness (QED) is 0.586. The predicted molar refractivity (Wildman–Crippen MR) is 47.5 cm³/mol. The van der Waals surface area contributed by atoms with Gasteiger partial charge in [-0.25, -0.2) is 0 Å². The van der Waals surface area contributed by atoms with E-state index in [-0.39, 0.29) is 0 Å². The van der Waals surface area contributed by atoms with Crippen molar-refractivity contribution >= 4 is 0 Å². The van der Waals surface area contributed by atoms with Crippen molar-refractivity contribution in [1.29, 1.82) is 0 Å². The van der Waals surface area contributed by atoms with Gasteiger partial charge in [-0.1, -0.05) is 19.1 Å². The van der Waals surface area contributed by atoms with Gasteiger partial charge in [-0.05, 0) is 30.5 Å². The molecule has 0 fully saturated rings. The monoisotopic (exact) mass is 147 g/mol. The zero-order chi connectivity index (χ0) is 8.10. The number of rotatable bonds is 2. The van der Waals surface area contributed by atoms with Crippen molar-refractivity contribution in [1.82, 2.24) is 4.98 Å². The van der Waals surface area contributed by atoms with E-state index < -0.39 is 0 Å². The summed E-state index contributed by atoms with van der Waals surface area (Å²) in [5.41, 5.74) is 1.32. The smallest absolute Gasteiger partial charge is 0.0270 e. The zero-order valence-electron chi connectivity index (χ0n) is 6.99. The summed E-state index contributed by atoms with van der Waals surface area (Å²) in [6.07, 6.45) is 7.91. The van der Waals surface area contributed by atoms with Gasteiger partial charge < -0.3 is 0 Å². The first-order chi connectivity index (χ1) is 5.34. The van der Waals surface area contributed by atoms with Gasteiger partial charge >= 0.3 is 0 Å². The molecule has 1 rings (SSSR count). The van der Waals surface area contributed by atoms with Crippen LogP contribution in [0.15, 0.2) is 36.7 Å². The Hall–Kier alpha value is -1.11. The molecule has 0 N–H and O–H groups in total. The minimum atomic E-state index is 0.503. The molecule has 1 heteroatoms. The Bertz CT molecular complexity index is 226. The number of allylic oxidation sites excluding steroid dienone is 2. The minimum absolute atomic E-state index is 0.503. The molecule has 0 aliphatic heterocycles. The number of hydrogen-bond donors (Lipinski definition) is 0. The standard InChI is InChI=1S/C10H13N/c1-3-4-9(2)10-5-7-11-8-6-10/h3-9H,1-2H3/b4-3-/t9-/m0/s1. The van der Waals surface area contributed by atoms with Crippen LogP contribution in [-0.4, -0.2) is 4.98 Å². The van der Waals surface area contributed by atoms with E-state index in [0.29, 0.717) is 5.92 Å². The van der Waals surface area contributed by atoms with Crippen molar-refractivity contribution in [2.24, 2.45) is 0 Å². The van der Waals surface area contributed by atoms with E-state index in [0.717, 1.165) is 0 Å². The minimum Gasteiger partial charge on any atom is -0.265 e. The summed E-state index contributed by atoms with van der Waals surface area (Å²) >= 11 is 0. The molecule has 0 spiro atoms. The van der Waals surface area contributed by atoms with Crippen LogP contribution in [0.4, 0.5) is 0 Å². The summed E-state index contributed by atoms with van der Waals surface area (Å²) in [6.45, 7) is 4.22. The number of pyridine rings is 1. The van der Waals surface area contributed by atoms with Crippen LogP contribution in [0.1, 0.15) is 25.3 Å². The van der Waals surface area contributed by atoms with Gasteiger partial charge in [0.25, 0.3) is 0 Å². The Labute approximate surface area is 67.8 Å². The van der Waals surface area contributed by atoms with E-state index in [1.807, 2.05) is 31.5 Å². The SMILES string of the molecule is C/C=C\[C@H](C)c1ccncc1. The van der Waals surface area contributed by atoms with Crippen molar-refractivity contribution < 1.29 is 0 Å². The Kier molecular flexibility index (Phi) is 2.84. The molecule has 1 aromatic heterocycles. The van der Waals surface area contributed by atoms with Gasteiger partial charge in [0, 0.05) is 12.4 Å². The van der Waals surface area contributed by atoms with Crippen LogP contribution < -0.4 is 0 Å². The maximum Gasteiger partial charge on any atom is 0.0270 e. The summed E-state index contributed by atoms with van der Waals surface area (Å²) in [5, 5.41) is 0. The highest BCUT2D eigenvalue weighted by atomic mass is 14.6. The molecule has 1 nitrogen and oxygen atoms in total. The lowest BCUT2D eigenvalue weighted by Gasteiger charge is -2.03. The maximum absolute atomic E-state index is 3.96. The average Bonchev–Trinajstić information content (AvgIpc) is 2.07. The van der Waals surface area contributed by atoms with E-state index in [4.69, 9.17) is 0 Å². The Morgan fingerprint density at radius 1 is 1.36 bits per heavy atom. The van der Waals surface area contributed by atoms with Crippen LogP contribution in [0.2, 0.25) is 0 Å². The van der Waals surface area contributed by atoms with Gasteiger partial charge in [0.05, 0.1) is 0 Å². The molecule has 1 atom stereocenters. The fraction of sp³-hybridized carbons (Fsp3) is 0.300. The summed E-state index contributed by atoms with van der Waals surface area (Å²) in [7, 11) is 0. The molecule has 58 valence electrons. The lowest BCUT2D eigenvalue weighted by Crippen LogP contribution is -1.87. The molecule has 0 saturated carbocycles. The third-order valence-corrected chi connectivity index (χ3v) is 1.71. The summed E-state index contributed by atoms with van der Waals surface area (Å²) in [5.74, 6) is 0.503. The van der Waals surface area contributed by atoms with Gasteiger partial charge in [0.1, 0.15) is 0 Å². The molecular formula is C10H13N. The third-order valence-electron chi connectivity index (χ3n) is 1.71. The molecule has 0 aliphatic rings. The second-order valence-electron chi connectivity index (χ2n) is 2.60. The van der Waals surface area contributed by atoms with E-state index >= 15 is 0 Å². The summed E-state index contributed by atoms with van der Waals surface area (Å²) in [4.78, 5) is 3.96. The molecule has 0 aromatic carbocycles. The molecule has 1 heterocycles. The first kappa shape index (κ1) is 7.99. The molecule has 0 radical (unpaired) electrons. The van der Waals surface area contributed by atoms with Gasteiger partial charge in [0.2, 0.25) is 0 Å². The van der Waals surface area contributed by atoms with E-state index in [1.165, 1.54) is 5.56 Å². The lowest BCUT2D eigenvalue weighted by atomic mass is 10.0. The second kappa shape index (κ2) is 3.91. The molecule has 0 bridgehead atoms. The molecule has 0 saturated heterocycles. The fourth-order valence-corrected chi connectivity index (χ4v) is 1.07. The van der Waals surface area contributed by atoms with Crippen molar-refractivity contribution in [2.75, 3.05) is 0 Å². The topological polar surface area (TPSA) is 12.9 Å². The third kappa shape index (κ3) is 2.19. The Morgan fingerprint density at radius 3 is 2.55 bits per heavy atom. The van der Waals surface area contributed by atoms with E-state index in [1.54, 1.807) is 0 Å². The zero-order valence-corrected chi connectivity index (χ0v) is 6.99. The van der Waals surface area contributed by atoms with E-state index in [9.17, 15) is 0 Å². The highest BCUT2D eigenvalue weighted by molar-refractivity contribution is 5.19. The molecule has 1 aromatic rings. The number of nitrogens with zero attached hydrogens (tertiary/aromatic N) is 1. The van der Waals surface area contributed by atoms with Gasteiger partial charge in [-0.2, -0.15) is 0 Å². The summed E-state index contributed by atoms with van der Waals surface area (Å²) < 4.78 is 0. The Balaban J connectivity index is 2.76. The van der Waals surface area contributed by atoms with Gasteiger partial charge in [-0.3, -0.25) is 4.98 Å². The fourth-order valence-electron chi connectivity index (χ4n) is 1.07. The first-order valence-electron chi connectivity index (χ1n) is 3.87. The van der Waals surface area contributed by atoms with E-state index in [2.05, 4.69) is 24.1 Å². The van der Waals surface area contributed by atoms with Crippen LogP contribution in [0.5, 0.6) is 0 Å². The lowest BCUT2D eigenvalue weighted by molar-refractivity contribution is 0.958. The van der Waals surface area contributed by atoms with Crippen molar-refractivity contribution in [2.45, 2.75) is 19.8 Å². The van der Waals surface area contributed by atoms with Crippen molar-refractivity contribution in [3.05, 3.63) is 42.2 Å². The van der Waals surface area contributed by atoms with Gasteiger partial charge in [0.15, 0.2) is 0 Å². The Morgan fingerprint density at radius 2 is 2.00 bits per heavy atom. The molecule has 0 aliphatic carbocycles. The average molecular weight is 147 g/mol. The van der Waals surface area contributed by atoms with Crippen LogP contribution in [-0.2, 0) is 0 Å². The maximum atomic E-state index is 3.96. The van der Waals surface area contributed by atoms with Crippen molar-refractivity contribution in [3.63, 3.8) is 0 Å². The highest BCUT2D eigenvalue weighted by Crippen LogP contribution is 2.14. The molecule has 0 unspecified atom stereocenters. The van der Waals surface area contributed by atoms with Crippen LogP contribution in [0, 0.1) is 0 Å². The molecular weight excluding hydrogens is 134 g/mol. The second-order valence-corrected chi connectivity index (χ2v) is 2.60. The number of aromatic nitrogens is 1. The molecule has 11 heavy (non-hydrogen) atoms. The van der Waals surface area contributed by atoms with Crippen molar-refractivity contribution in [3.8, 4) is 0 Å². The first-order valence-corrected chi connectivity index (χ1v) is 3.87. The largest absolute Gasteiger partial charge is 0.265 e. The van der Waals surface area contributed by atoms with Crippen LogP contribution in [0.3, 0.4) is 0 Å².